The van der Waals surface area contributed by atoms with Gasteiger partial charge in [-0.2, -0.15) is 0 Å². The van der Waals surface area contributed by atoms with Crippen LogP contribution in [0.4, 0.5) is 4.79 Å². The van der Waals surface area contributed by atoms with E-state index in [1.54, 1.807) is 0 Å². The lowest BCUT2D eigenvalue weighted by molar-refractivity contribution is -0.145. The van der Waals surface area contributed by atoms with Crippen LogP contribution in [0.1, 0.15) is 49.7 Å². The van der Waals surface area contributed by atoms with E-state index in [-0.39, 0.29) is 38.0 Å². The number of methoxy groups -OCH3 is 1. The number of hydrogen-bond donors (Lipinski definition) is 2. The summed E-state index contributed by atoms with van der Waals surface area (Å²) in [4.78, 5) is 37.9. The standard InChI is InChI=1S/C27H34N2O6/c1-3-4-9-19(16-25(30)29(14-15-34-2)17-26(31)32)28-27(33)35-18-24-22-12-7-5-10-20(22)21-11-6-8-13-23(21)24/h5-8,10-13,19,24H,3-4,9,14-18H2,1-2H3,(H,28,33)(H,31,32)/t19-/m0/s1. The number of rotatable bonds is 13. The maximum Gasteiger partial charge on any atom is 0.407 e. The normalized spacial score (nSPS) is 13.0. The second-order valence-corrected chi connectivity index (χ2v) is 8.71. The van der Waals surface area contributed by atoms with Gasteiger partial charge in [0.2, 0.25) is 5.91 Å². The summed E-state index contributed by atoms with van der Waals surface area (Å²) in [6.45, 7) is 2.22. The Bertz CT molecular complexity index is 979. The molecule has 0 saturated carbocycles. The molecular weight excluding hydrogens is 448 g/mol. The van der Waals surface area contributed by atoms with E-state index in [0.717, 1.165) is 35.1 Å². The molecule has 0 aliphatic heterocycles. The molecule has 1 aliphatic rings. The minimum atomic E-state index is -1.09. The molecule has 0 heterocycles. The Morgan fingerprint density at radius 3 is 2.26 bits per heavy atom. The molecule has 35 heavy (non-hydrogen) atoms. The van der Waals surface area contributed by atoms with Gasteiger partial charge in [-0.05, 0) is 28.7 Å². The van der Waals surface area contributed by atoms with E-state index in [1.807, 2.05) is 31.2 Å². The van der Waals surface area contributed by atoms with Crippen LogP contribution in [0.5, 0.6) is 0 Å². The number of carbonyl (C=O) groups excluding carboxylic acids is 2. The second kappa shape index (κ2) is 12.9. The fourth-order valence-electron chi connectivity index (χ4n) is 4.48. The van der Waals surface area contributed by atoms with Crippen molar-refractivity contribution in [2.24, 2.45) is 0 Å². The van der Waals surface area contributed by atoms with E-state index in [1.165, 1.54) is 12.0 Å². The summed E-state index contributed by atoms with van der Waals surface area (Å²) in [6, 6.07) is 15.8. The van der Waals surface area contributed by atoms with Crippen molar-refractivity contribution in [2.45, 2.75) is 44.6 Å². The Hall–Kier alpha value is -3.39. The van der Waals surface area contributed by atoms with Gasteiger partial charge in [0.1, 0.15) is 13.2 Å². The maximum absolute atomic E-state index is 12.8. The molecule has 0 fully saturated rings. The Balaban J connectivity index is 1.62. The van der Waals surface area contributed by atoms with Crippen molar-refractivity contribution < 1.29 is 29.0 Å². The van der Waals surface area contributed by atoms with Crippen LogP contribution >= 0.6 is 0 Å². The SMILES string of the molecule is CCCC[C@@H](CC(=O)N(CCOC)CC(=O)O)NC(=O)OCC1c2ccccc2-c2ccccc21. The van der Waals surface area contributed by atoms with Crippen molar-refractivity contribution in [1.29, 1.82) is 0 Å². The lowest BCUT2D eigenvalue weighted by atomic mass is 9.98. The fourth-order valence-corrected chi connectivity index (χ4v) is 4.48. The first-order valence-electron chi connectivity index (χ1n) is 12.0. The number of unbranched alkanes of at least 4 members (excludes halogenated alkanes) is 1. The van der Waals surface area contributed by atoms with E-state index in [0.29, 0.717) is 6.42 Å². The highest BCUT2D eigenvalue weighted by Crippen LogP contribution is 2.44. The summed E-state index contributed by atoms with van der Waals surface area (Å²) in [6.07, 6.45) is 1.74. The Kier molecular flexibility index (Phi) is 9.66. The third-order valence-electron chi connectivity index (χ3n) is 6.24. The monoisotopic (exact) mass is 482 g/mol. The molecule has 8 heteroatoms. The molecule has 0 radical (unpaired) electrons. The zero-order valence-corrected chi connectivity index (χ0v) is 20.4. The van der Waals surface area contributed by atoms with E-state index in [9.17, 15) is 14.4 Å². The minimum absolute atomic E-state index is 0.00118. The summed E-state index contributed by atoms with van der Waals surface area (Å²) in [5.41, 5.74) is 4.56. The minimum Gasteiger partial charge on any atom is -0.480 e. The molecule has 2 N–H and O–H groups in total. The quantitative estimate of drug-likeness (QED) is 0.447. The number of fused-ring (bicyclic) bond motifs is 3. The van der Waals surface area contributed by atoms with Gasteiger partial charge in [-0.25, -0.2) is 4.79 Å². The summed E-state index contributed by atoms with van der Waals surface area (Å²) in [7, 11) is 1.49. The lowest BCUT2D eigenvalue weighted by Gasteiger charge is -2.24. The van der Waals surface area contributed by atoms with Gasteiger partial charge >= 0.3 is 12.1 Å². The van der Waals surface area contributed by atoms with Crippen molar-refractivity contribution >= 4 is 18.0 Å². The average Bonchev–Trinajstić information content (AvgIpc) is 3.17. The molecule has 0 unspecified atom stereocenters. The van der Waals surface area contributed by atoms with Crippen LogP contribution in [0.2, 0.25) is 0 Å². The number of aliphatic carboxylic acids is 1. The second-order valence-electron chi connectivity index (χ2n) is 8.71. The first-order chi connectivity index (χ1) is 16.9. The largest absolute Gasteiger partial charge is 0.480 e. The molecular formula is C27H34N2O6. The van der Waals surface area contributed by atoms with Gasteiger partial charge in [0.15, 0.2) is 0 Å². The van der Waals surface area contributed by atoms with E-state index >= 15 is 0 Å². The molecule has 1 aliphatic carbocycles. The number of amides is 2. The van der Waals surface area contributed by atoms with Gasteiger partial charge < -0.3 is 24.8 Å². The van der Waals surface area contributed by atoms with Gasteiger partial charge in [0.05, 0.1) is 6.61 Å². The molecule has 0 aromatic heterocycles. The predicted octanol–water partition coefficient (Wildman–Crippen LogP) is 4.03. The molecule has 2 aromatic carbocycles. The number of hydrogen-bond acceptors (Lipinski definition) is 5. The highest BCUT2D eigenvalue weighted by atomic mass is 16.5. The summed E-state index contributed by atoms with van der Waals surface area (Å²) in [5.74, 6) is -1.49. The van der Waals surface area contributed by atoms with Gasteiger partial charge in [-0.1, -0.05) is 68.3 Å². The third-order valence-corrected chi connectivity index (χ3v) is 6.24. The zero-order chi connectivity index (χ0) is 25.2. The highest BCUT2D eigenvalue weighted by Gasteiger charge is 2.29. The zero-order valence-electron chi connectivity index (χ0n) is 20.4. The van der Waals surface area contributed by atoms with Crippen LogP contribution in [-0.4, -0.2) is 67.4 Å². The van der Waals surface area contributed by atoms with Crippen LogP contribution in [0.25, 0.3) is 11.1 Å². The lowest BCUT2D eigenvalue weighted by Crippen LogP contribution is -2.43. The van der Waals surface area contributed by atoms with Gasteiger partial charge in [0.25, 0.3) is 0 Å². The van der Waals surface area contributed by atoms with Gasteiger partial charge in [-0.3, -0.25) is 9.59 Å². The maximum atomic E-state index is 12.8. The first-order valence-corrected chi connectivity index (χ1v) is 12.0. The molecule has 3 rings (SSSR count). The molecule has 8 nitrogen and oxygen atoms in total. The number of benzene rings is 2. The Morgan fingerprint density at radius 2 is 1.69 bits per heavy atom. The van der Waals surface area contributed by atoms with Crippen LogP contribution in [-0.2, 0) is 19.1 Å². The topological polar surface area (TPSA) is 105 Å². The predicted molar refractivity (Wildman–Crippen MR) is 132 cm³/mol. The van der Waals surface area contributed by atoms with Crippen molar-refractivity contribution in [3.63, 3.8) is 0 Å². The van der Waals surface area contributed by atoms with Crippen LogP contribution < -0.4 is 5.32 Å². The van der Waals surface area contributed by atoms with Gasteiger partial charge in [-0.15, -0.1) is 0 Å². The first kappa shape index (κ1) is 26.2. The number of ether oxygens (including phenoxy) is 2. The summed E-state index contributed by atoms with van der Waals surface area (Å²) in [5, 5.41) is 12.0. The van der Waals surface area contributed by atoms with E-state index < -0.39 is 24.6 Å². The molecule has 188 valence electrons. The average molecular weight is 483 g/mol. The number of carbonyl (C=O) groups is 3. The molecule has 1 atom stereocenters. The van der Waals surface area contributed by atoms with Crippen LogP contribution in [0.3, 0.4) is 0 Å². The number of carboxylic acids is 1. The number of alkyl carbamates (subject to hydrolysis) is 1. The summed E-state index contributed by atoms with van der Waals surface area (Å²) < 4.78 is 10.6. The third kappa shape index (κ3) is 7.05. The molecule has 2 amide bonds. The highest BCUT2D eigenvalue weighted by molar-refractivity contribution is 5.82. The summed E-state index contributed by atoms with van der Waals surface area (Å²) >= 11 is 0. The van der Waals surface area contributed by atoms with Crippen molar-refractivity contribution in [3.8, 4) is 11.1 Å². The molecule has 0 bridgehead atoms. The van der Waals surface area contributed by atoms with E-state index in [2.05, 4.69) is 29.6 Å². The van der Waals surface area contributed by atoms with E-state index in [4.69, 9.17) is 14.6 Å². The molecule has 0 saturated heterocycles. The fraction of sp³-hybridized carbons (Fsp3) is 0.444. The van der Waals surface area contributed by atoms with Gasteiger partial charge in [0, 0.05) is 32.0 Å². The smallest absolute Gasteiger partial charge is 0.407 e. The molecule has 0 spiro atoms. The Labute approximate surface area is 206 Å². The Morgan fingerprint density at radius 1 is 1.06 bits per heavy atom. The van der Waals surface area contributed by atoms with Crippen molar-refractivity contribution in [1.82, 2.24) is 10.2 Å². The number of nitrogens with zero attached hydrogens (tertiary/aromatic N) is 1. The van der Waals surface area contributed by atoms with Crippen LogP contribution in [0, 0.1) is 0 Å². The van der Waals surface area contributed by atoms with Crippen LogP contribution in [0.15, 0.2) is 48.5 Å². The van der Waals surface area contributed by atoms with Crippen molar-refractivity contribution in [3.05, 3.63) is 59.7 Å². The molecule has 2 aromatic rings. The number of nitrogens with one attached hydrogen (secondary N) is 1. The number of carboxylic acid groups (broad SMARTS) is 1. The van der Waals surface area contributed by atoms with Crippen molar-refractivity contribution in [2.75, 3.05) is 33.4 Å².